The molecule has 0 saturated heterocycles. The predicted octanol–water partition coefficient (Wildman–Crippen LogP) is -0.335. The maximum absolute atomic E-state index is 11.6. The summed E-state index contributed by atoms with van der Waals surface area (Å²) in [5, 5.41) is 18.1. The van der Waals surface area contributed by atoms with Crippen LogP contribution in [0.4, 0.5) is 5.69 Å². The van der Waals surface area contributed by atoms with Crippen molar-refractivity contribution < 1.29 is 14.8 Å². The SMILES string of the molecule is CCC(=O)N1CCc2cc(B(O)O)ccc21. The van der Waals surface area contributed by atoms with Crippen LogP contribution < -0.4 is 10.4 Å². The first-order valence-corrected chi connectivity index (χ1v) is 5.42. The minimum atomic E-state index is -1.44. The monoisotopic (exact) mass is 219 g/mol. The Morgan fingerprint density at radius 3 is 2.88 bits per heavy atom. The Morgan fingerprint density at radius 2 is 2.25 bits per heavy atom. The summed E-state index contributed by atoms with van der Waals surface area (Å²) in [5.74, 6) is 0.107. The average Bonchev–Trinajstić information content (AvgIpc) is 2.70. The molecule has 1 aromatic rings. The number of fused-ring (bicyclic) bond motifs is 1. The molecule has 2 N–H and O–H groups in total. The van der Waals surface area contributed by atoms with Gasteiger partial charge in [0.2, 0.25) is 5.91 Å². The van der Waals surface area contributed by atoms with E-state index in [9.17, 15) is 4.79 Å². The molecule has 4 nitrogen and oxygen atoms in total. The lowest BCUT2D eigenvalue weighted by Gasteiger charge is -2.16. The van der Waals surface area contributed by atoms with Crippen LogP contribution in [0.3, 0.4) is 0 Å². The molecule has 5 heteroatoms. The van der Waals surface area contributed by atoms with E-state index in [-0.39, 0.29) is 5.91 Å². The van der Waals surface area contributed by atoms with E-state index >= 15 is 0 Å². The summed E-state index contributed by atoms with van der Waals surface area (Å²) in [7, 11) is -1.44. The molecule has 0 atom stereocenters. The second kappa shape index (κ2) is 4.27. The van der Waals surface area contributed by atoms with E-state index in [0.29, 0.717) is 18.4 Å². The topological polar surface area (TPSA) is 60.8 Å². The largest absolute Gasteiger partial charge is 0.488 e. The van der Waals surface area contributed by atoms with E-state index in [2.05, 4.69) is 0 Å². The van der Waals surface area contributed by atoms with Crippen molar-refractivity contribution in [3.8, 4) is 0 Å². The first-order valence-electron chi connectivity index (χ1n) is 5.42. The van der Waals surface area contributed by atoms with Crippen molar-refractivity contribution in [2.75, 3.05) is 11.4 Å². The molecule has 1 aliphatic heterocycles. The van der Waals surface area contributed by atoms with E-state index in [4.69, 9.17) is 10.0 Å². The Hall–Kier alpha value is -1.33. The Kier molecular flexibility index (Phi) is 2.98. The maximum atomic E-state index is 11.6. The van der Waals surface area contributed by atoms with Gasteiger partial charge >= 0.3 is 7.12 Å². The van der Waals surface area contributed by atoms with E-state index in [1.807, 2.05) is 6.92 Å². The second-order valence-electron chi connectivity index (χ2n) is 3.91. The summed E-state index contributed by atoms with van der Waals surface area (Å²) in [4.78, 5) is 13.4. The lowest BCUT2D eigenvalue weighted by atomic mass is 9.79. The first kappa shape index (κ1) is 11.2. The molecule has 0 unspecified atom stereocenters. The minimum Gasteiger partial charge on any atom is -0.423 e. The molecular formula is C11H14BNO3. The van der Waals surface area contributed by atoms with Gasteiger partial charge in [-0.25, -0.2) is 0 Å². The molecule has 1 aromatic carbocycles. The van der Waals surface area contributed by atoms with Gasteiger partial charge in [-0.1, -0.05) is 19.1 Å². The van der Waals surface area contributed by atoms with Gasteiger partial charge in [-0.2, -0.15) is 0 Å². The number of rotatable bonds is 2. The maximum Gasteiger partial charge on any atom is 0.488 e. The van der Waals surface area contributed by atoms with Crippen LogP contribution in [0.1, 0.15) is 18.9 Å². The number of hydrogen-bond acceptors (Lipinski definition) is 3. The summed E-state index contributed by atoms with van der Waals surface area (Å²) in [6.07, 6.45) is 1.27. The molecule has 0 aromatic heterocycles. The van der Waals surface area contributed by atoms with Gasteiger partial charge in [0.15, 0.2) is 0 Å². The molecule has 1 heterocycles. The molecule has 1 amide bonds. The van der Waals surface area contributed by atoms with Gasteiger partial charge in [-0.05, 0) is 23.5 Å². The molecule has 0 aliphatic carbocycles. The predicted molar refractivity (Wildman–Crippen MR) is 62.6 cm³/mol. The van der Waals surface area contributed by atoms with E-state index in [0.717, 1.165) is 17.7 Å². The summed E-state index contributed by atoms with van der Waals surface area (Å²) in [6.45, 7) is 2.53. The van der Waals surface area contributed by atoms with Crippen molar-refractivity contribution >= 4 is 24.2 Å². The molecular weight excluding hydrogens is 205 g/mol. The van der Waals surface area contributed by atoms with Crippen molar-refractivity contribution in [3.05, 3.63) is 23.8 Å². The number of hydrogen-bond donors (Lipinski definition) is 2. The number of nitrogens with zero attached hydrogens (tertiary/aromatic N) is 1. The van der Waals surface area contributed by atoms with Crippen molar-refractivity contribution in [1.29, 1.82) is 0 Å². The third kappa shape index (κ3) is 1.84. The van der Waals surface area contributed by atoms with Crippen LogP contribution >= 0.6 is 0 Å². The lowest BCUT2D eigenvalue weighted by molar-refractivity contribution is -0.118. The standard InChI is InChI=1S/C11H14BNO3/c1-2-11(14)13-6-5-8-7-9(12(15)16)3-4-10(8)13/h3-4,7,15-16H,2,5-6H2,1H3. The fourth-order valence-corrected chi connectivity index (χ4v) is 2.03. The summed E-state index contributed by atoms with van der Waals surface area (Å²) in [6, 6.07) is 5.18. The van der Waals surface area contributed by atoms with Crippen LogP contribution in [0, 0.1) is 0 Å². The normalized spacial score (nSPS) is 13.8. The second-order valence-corrected chi connectivity index (χ2v) is 3.91. The Bertz CT molecular complexity index is 420. The highest BCUT2D eigenvalue weighted by atomic mass is 16.4. The van der Waals surface area contributed by atoms with Gasteiger partial charge in [-0.15, -0.1) is 0 Å². The van der Waals surface area contributed by atoms with Crippen LogP contribution in [0.2, 0.25) is 0 Å². The smallest absolute Gasteiger partial charge is 0.423 e. The van der Waals surface area contributed by atoms with Gasteiger partial charge in [0.05, 0.1) is 0 Å². The quantitative estimate of drug-likeness (QED) is 0.669. The van der Waals surface area contributed by atoms with Crippen LogP contribution in [0.25, 0.3) is 0 Å². The van der Waals surface area contributed by atoms with Crippen LogP contribution in [-0.4, -0.2) is 29.6 Å². The molecule has 0 fully saturated rings. The summed E-state index contributed by atoms with van der Waals surface area (Å²) >= 11 is 0. The van der Waals surface area contributed by atoms with Gasteiger partial charge in [0.25, 0.3) is 0 Å². The first-order chi connectivity index (χ1) is 7.63. The number of amides is 1. The zero-order chi connectivity index (χ0) is 11.7. The van der Waals surface area contributed by atoms with E-state index in [1.54, 1.807) is 23.1 Å². The molecule has 84 valence electrons. The van der Waals surface area contributed by atoms with Crippen LogP contribution in [-0.2, 0) is 11.2 Å². The van der Waals surface area contributed by atoms with Crippen molar-refractivity contribution in [3.63, 3.8) is 0 Å². The van der Waals surface area contributed by atoms with Gasteiger partial charge in [0, 0.05) is 18.7 Å². The third-order valence-electron chi connectivity index (χ3n) is 2.90. The fraction of sp³-hybridized carbons (Fsp3) is 0.364. The molecule has 0 bridgehead atoms. The molecule has 16 heavy (non-hydrogen) atoms. The highest BCUT2D eigenvalue weighted by Crippen LogP contribution is 2.27. The van der Waals surface area contributed by atoms with Gasteiger partial charge < -0.3 is 14.9 Å². The molecule has 0 spiro atoms. The van der Waals surface area contributed by atoms with Gasteiger partial charge in [-0.3, -0.25) is 4.79 Å². The van der Waals surface area contributed by atoms with E-state index < -0.39 is 7.12 Å². The Labute approximate surface area is 94.7 Å². The highest BCUT2D eigenvalue weighted by Gasteiger charge is 2.24. The number of benzene rings is 1. The Morgan fingerprint density at radius 1 is 1.50 bits per heavy atom. The molecule has 0 saturated carbocycles. The van der Waals surface area contributed by atoms with Crippen LogP contribution in [0.5, 0.6) is 0 Å². The number of anilines is 1. The summed E-state index contributed by atoms with van der Waals surface area (Å²) < 4.78 is 0. The fourth-order valence-electron chi connectivity index (χ4n) is 2.03. The zero-order valence-electron chi connectivity index (χ0n) is 9.18. The average molecular weight is 219 g/mol. The molecule has 2 rings (SSSR count). The third-order valence-corrected chi connectivity index (χ3v) is 2.90. The van der Waals surface area contributed by atoms with E-state index in [1.165, 1.54) is 0 Å². The molecule has 1 aliphatic rings. The van der Waals surface area contributed by atoms with Crippen LogP contribution in [0.15, 0.2) is 18.2 Å². The van der Waals surface area contributed by atoms with Crippen molar-refractivity contribution in [2.24, 2.45) is 0 Å². The minimum absolute atomic E-state index is 0.107. The Balaban J connectivity index is 2.32. The number of carbonyl (C=O) groups is 1. The zero-order valence-corrected chi connectivity index (χ0v) is 9.18. The van der Waals surface area contributed by atoms with Gasteiger partial charge in [0.1, 0.15) is 0 Å². The van der Waals surface area contributed by atoms with Crippen molar-refractivity contribution in [2.45, 2.75) is 19.8 Å². The molecule has 0 radical (unpaired) electrons. The lowest BCUT2D eigenvalue weighted by Crippen LogP contribution is -2.30. The highest BCUT2D eigenvalue weighted by molar-refractivity contribution is 6.58. The van der Waals surface area contributed by atoms with Crippen molar-refractivity contribution in [1.82, 2.24) is 0 Å². The summed E-state index contributed by atoms with van der Waals surface area (Å²) in [5.41, 5.74) is 2.38. The number of carbonyl (C=O) groups excluding carboxylic acids is 1.